The molecule has 1 aromatic carbocycles. The van der Waals surface area contributed by atoms with Crippen LogP contribution in [0.25, 0.3) is 0 Å². The molecule has 1 atom stereocenters. The number of methoxy groups -OCH3 is 1. The van der Waals surface area contributed by atoms with Gasteiger partial charge < -0.3 is 20.5 Å². The molecule has 2 rings (SSSR count). The molecule has 0 aromatic heterocycles. The lowest BCUT2D eigenvalue weighted by atomic mass is 9.94. The van der Waals surface area contributed by atoms with Crippen LogP contribution < -0.4 is 10.6 Å². The topological polar surface area (TPSA) is 75.8 Å². The van der Waals surface area contributed by atoms with E-state index >= 15 is 0 Å². The monoisotopic (exact) mass is 264 g/mol. The lowest BCUT2D eigenvalue weighted by Crippen LogP contribution is -2.46. The average Bonchev–Trinajstić information content (AvgIpc) is 2.37. The average molecular weight is 264 g/mol. The van der Waals surface area contributed by atoms with E-state index < -0.39 is 5.60 Å². The van der Waals surface area contributed by atoms with Crippen molar-refractivity contribution >= 4 is 17.3 Å². The summed E-state index contributed by atoms with van der Waals surface area (Å²) in [4.78, 5) is 13.6. The maximum atomic E-state index is 11.6. The zero-order chi connectivity index (χ0) is 14.0. The molecule has 0 aliphatic carbocycles. The van der Waals surface area contributed by atoms with Crippen molar-refractivity contribution in [1.82, 2.24) is 0 Å². The number of anilines is 2. The fraction of sp³-hybridized carbons (Fsp3) is 0.500. The number of nitrogens with two attached hydrogens (primary N) is 1. The molecule has 104 valence electrons. The number of nitrogens with zero attached hydrogens (tertiary/aromatic N) is 1. The van der Waals surface area contributed by atoms with Gasteiger partial charge in [-0.1, -0.05) is 0 Å². The van der Waals surface area contributed by atoms with Gasteiger partial charge in [0.1, 0.15) is 0 Å². The van der Waals surface area contributed by atoms with Crippen LogP contribution in [0, 0.1) is 0 Å². The number of carbonyl (C=O) groups excluding carboxylic acids is 1. The highest BCUT2D eigenvalue weighted by molar-refractivity contribution is 5.92. The Labute approximate surface area is 113 Å². The van der Waals surface area contributed by atoms with Gasteiger partial charge in [0, 0.05) is 13.1 Å². The van der Waals surface area contributed by atoms with Gasteiger partial charge in [0.15, 0.2) is 0 Å². The van der Waals surface area contributed by atoms with Crippen LogP contribution in [-0.2, 0) is 4.74 Å². The number of esters is 1. The van der Waals surface area contributed by atoms with Crippen LogP contribution in [-0.4, -0.2) is 36.9 Å². The van der Waals surface area contributed by atoms with E-state index in [2.05, 4.69) is 0 Å². The SMILES string of the molecule is COC(=O)c1ccc(N)c(N2CCCC(C)(O)C2)c1. The Morgan fingerprint density at radius 2 is 2.26 bits per heavy atom. The molecule has 1 unspecified atom stereocenters. The zero-order valence-electron chi connectivity index (χ0n) is 11.3. The fourth-order valence-corrected chi connectivity index (χ4v) is 2.49. The fourth-order valence-electron chi connectivity index (χ4n) is 2.49. The highest BCUT2D eigenvalue weighted by Crippen LogP contribution is 2.30. The number of piperidine rings is 1. The van der Waals surface area contributed by atoms with E-state index in [0.29, 0.717) is 17.8 Å². The van der Waals surface area contributed by atoms with Crippen molar-refractivity contribution in [3.05, 3.63) is 23.8 Å². The number of rotatable bonds is 2. The maximum Gasteiger partial charge on any atom is 0.337 e. The summed E-state index contributed by atoms with van der Waals surface area (Å²) in [5.74, 6) is -0.384. The lowest BCUT2D eigenvalue weighted by molar-refractivity contribution is 0.0450. The van der Waals surface area contributed by atoms with Gasteiger partial charge in [0.2, 0.25) is 0 Å². The van der Waals surface area contributed by atoms with Gasteiger partial charge in [-0.2, -0.15) is 0 Å². The molecule has 0 amide bonds. The molecule has 5 nitrogen and oxygen atoms in total. The third-order valence-corrected chi connectivity index (χ3v) is 3.47. The summed E-state index contributed by atoms with van der Waals surface area (Å²) < 4.78 is 4.71. The van der Waals surface area contributed by atoms with Crippen molar-refractivity contribution in [1.29, 1.82) is 0 Å². The molecule has 3 N–H and O–H groups in total. The number of hydrogen-bond acceptors (Lipinski definition) is 5. The van der Waals surface area contributed by atoms with E-state index in [-0.39, 0.29) is 5.97 Å². The molecule has 0 radical (unpaired) electrons. The third-order valence-electron chi connectivity index (χ3n) is 3.47. The molecular weight excluding hydrogens is 244 g/mol. The molecule has 1 aliphatic rings. The van der Waals surface area contributed by atoms with Crippen molar-refractivity contribution in [2.24, 2.45) is 0 Å². The summed E-state index contributed by atoms with van der Waals surface area (Å²) in [6, 6.07) is 5.07. The standard InChI is InChI=1S/C14H20N2O3/c1-14(18)6-3-7-16(9-14)12-8-10(13(17)19-2)4-5-11(12)15/h4-5,8,18H,3,6-7,9,15H2,1-2H3. The number of nitrogen functional groups attached to an aromatic ring is 1. The first-order valence-corrected chi connectivity index (χ1v) is 6.38. The van der Waals surface area contributed by atoms with E-state index in [0.717, 1.165) is 25.1 Å². The molecule has 19 heavy (non-hydrogen) atoms. The minimum atomic E-state index is -0.716. The zero-order valence-corrected chi connectivity index (χ0v) is 11.3. The van der Waals surface area contributed by atoms with Gasteiger partial charge in [0.05, 0.1) is 29.6 Å². The van der Waals surface area contributed by atoms with Crippen LogP contribution in [0.2, 0.25) is 0 Å². The van der Waals surface area contributed by atoms with Gasteiger partial charge in [-0.25, -0.2) is 4.79 Å². The van der Waals surface area contributed by atoms with Gasteiger partial charge in [-0.05, 0) is 38.0 Å². The largest absolute Gasteiger partial charge is 0.465 e. The van der Waals surface area contributed by atoms with Gasteiger partial charge in [-0.15, -0.1) is 0 Å². The smallest absolute Gasteiger partial charge is 0.337 e. The molecule has 0 saturated carbocycles. The second kappa shape index (κ2) is 5.09. The predicted octanol–water partition coefficient (Wildman–Crippen LogP) is 1.41. The van der Waals surface area contributed by atoms with Crippen molar-refractivity contribution < 1.29 is 14.6 Å². The van der Waals surface area contributed by atoms with Crippen LogP contribution in [0.15, 0.2) is 18.2 Å². The summed E-state index contributed by atoms with van der Waals surface area (Å²) in [5, 5.41) is 10.1. The Morgan fingerprint density at radius 1 is 1.53 bits per heavy atom. The van der Waals surface area contributed by atoms with E-state index in [1.165, 1.54) is 7.11 Å². The highest BCUT2D eigenvalue weighted by atomic mass is 16.5. The molecule has 1 saturated heterocycles. The first kappa shape index (κ1) is 13.7. The molecule has 1 aliphatic heterocycles. The second-order valence-corrected chi connectivity index (χ2v) is 5.29. The summed E-state index contributed by atoms with van der Waals surface area (Å²) in [6.45, 7) is 3.16. The normalized spacial score (nSPS) is 23.2. The van der Waals surface area contributed by atoms with Crippen molar-refractivity contribution in [2.75, 3.05) is 30.8 Å². The number of aliphatic hydroxyl groups is 1. The van der Waals surface area contributed by atoms with Gasteiger partial charge >= 0.3 is 5.97 Å². The Kier molecular flexibility index (Phi) is 3.66. The lowest BCUT2D eigenvalue weighted by Gasteiger charge is -2.38. The summed E-state index contributed by atoms with van der Waals surface area (Å²) in [6.07, 6.45) is 1.68. The number of benzene rings is 1. The summed E-state index contributed by atoms with van der Waals surface area (Å²) >= 11 is 0. The van der Waals surface area contributed by atoms with E-state index in [1.54, 1.807) is 18.2 Å². The van der Waals surface area contributed by atoms with E-state index in [9.17, 15) is 9.90 Å². The van der Waals surface area contributed by atoms with Crippen LogP contribution in [0.4, 0.5) is 11.4 Å². The second-order valence-electron chi connectivity index (χ2n) is 5.29. The first-order chi connectivity index (χ1) is 8.93. The van der Waals surface area contributed by atoms with Gasteiger partial charge in [0.25, 0.3) is 0 Å². The van der Waals surface area contributed by atoms with Crippen LogP contribution in [0.5, 0.6) is 0 Å². The molecule has 0 bridgehead atoms. The van der Waals surface area contributed by atoms with Gasteiger partial charge in [-0.3, -0.25) is 0 Å². The Bertz CT molecular complexity index is 486. The van der Waals surface area contributed by atoms with Crippen LogP contribution in [0.3, 0.4) is 0 Å². The van der Waals surface area contributed by atoms with E-state index in [4.69, 9.17) is 10.5 Å². The molecule has 0 spiro atoms. The predicted molar refractivity (Wildman–Crippen MR) is 74.3 cm³/mol. The minimum Gasteiger partial charge on any atom is -0.465 e. The summed E-state index contributed by atoms with van der Waals surface area (Å²) in [5.41, 5.74) is 7.11. The molecular formula is C14H20N2O3. The van der Waals surface area contributed by atoms with Crippen LogP contribution >= 0.6 is 0 Å². The number of β-amino-alcohol motifs (C(OH)–C–C–N with tert-alkyl or cyclic N) is 1. The van der Waals surface area contributed by atoms with Crippen molar-refractivity contribution in [3.8, 4) is 0 Å². The molecule has 5 heteroatoms. The quantitative estimate of drug-likeness (QED) is 0.624. The van der Waals surface area contributed by atoms with Crippen LogP contribution in [0.1, 0.15) is 30.1 Å². The Balaban J connectivity index is 2.30. The first-order valence-electron chi connectivity index (χ1n) is 6.38. The summed E-state index contributed by atoms with van der Waals surface area (Å²) in [7, 11) is 1.35. The molecule has 1 fully saturated rings. The number of carbonyl (C=O) groups is 1. The highest BCUT2D eigenvalue weighted by Gasteiger charge is 2.29. The van der Waals surface area contributed by atoms with Crippen molar-refractivity contribution in [2.45, 2.75) is 25.4 Å². The van der Waals surface area contributed by atoms with E-state index in [1.807, 2.05) is 11.8 Å². The molecule has 1 aromatic rings. The number of ether oxygens (including phenoxy) is 1. The molecule has 1 heterocycles. The maximum absolute atomic E-state index is 11.6. The Morgan fingerprint density at radius 3 is 2.89 bits per heavy atom. The Hall–Kier alpha value is -1.75. The number of hydrogen-bond donors (Lipinski definition) is 2. The minimum absolute atomic E-state index is 0.384. The van der Waals surface area contributed by atoms with Crippen molar-refractivity contribution in [3.63, 3.8) is 0 Å². The third kappa shape index (κ3) is 2.98.